The molecule has 186 valence electrons. The summed E-state index contributed by atoms with van der Waals surface area (Å²) in [5, 5.41) is 4.80. The summed E-state index contributed by atoms with van der Waals surface area (Å²) in [5.74, 6) is 0.430. The van der Waals surface area contributed by atoms with Crippen molar-refractivity contribution in [3.8, 4) is 10.4 Å². The summed E-state index contributed by atoms with van der Waals surface area (Å²) >= 11 is 1.58. The zero-order chi connectivity index (χ0) is 25.9. The van der Waals surface area contributed by atoms with Crippen LogP contribution in [0.3, 0.4) is 0 Å². The molecule has 1 atom stereocenters. The number of nitrogen functional groups attached to an aromatic ring is 1. The van der Waals surface area contributed by atoms with E-state index in [1.165, 1.54) is 18.5 Å². The average Bonchev–Trinajstić information content (AvgIpc) is 3.42. The van der Waals surface area contributed by atoms with Crippen molar-refractivity contribution < 1.29 is 9.18 Å². The molecule has 0 fully saturated rings. The molecule has 2 aromatic carbocycles. The number of hydrogen-bond donors (Lipinski definition) is 2. The lowest BCUT2D eigenvalue weighted by Gasteiger charge is -2.22. The van der Waals surface area contributed by atoms with E-state index in [0.717, 1.165) is 31.9 Å². The number of halogens is 1. The van der Waals surface area contributed by atoms with Gasteiger partial charge in [-0.05, 0) is 66.1 Å². The standard InChI is InChI=1S/C28H25FN6OS/c1-3-22(17-6-9-19(29)10-7-17)34-28(36)20-5-4-14-31-27(20)35(2)25-13-12-24(37-25)18-8-11-23-21(15-18)26(30)33-16-32-23/h4-16,22H,3H2,1-2H3,(H,34,36)(H2,30,32,33)/t22-/m0/s1. The summed E-state index contributed by atoms with van der Waals surface area (Å²) in [4.78, 5) is 29.1. The number of carbonyl (C=O) groups excluding carboxylic acids is 1. The van der Waals surface area contributed by atoms with Crippen molar-refractivity contribution in [2.75, 3.05) is 17.7 Å². The van der Waals surface area contributed by atoms with E-state index >= 15 is 0 Å². The minimum atomic E-state index is -0.308. The van der Waals surface area contributed by atoms with Gasteiger partial charge in [-0.25, -0.2) is 19.3 Å². The number of thiophene rings is 1. The predicted octanol–water partition coefficient (Wildman–Crippen LogP) is 6.12. The molecule has 0 unspecified atom stereocenters. The van der Waals surface area contributed by atoms with Crippen molar-refractivity contribution in [3.05, 3.63) is 96.2 Å². The second-order valence-corrected chi connectivity index (χ2v) is 9.61. The van der Waals surface area contributed by atoms with Gasteiger partial charge in [-0.2, -0.15) is 0 Å². The van der Waals surface area contributed by atoms with Gasteiger partial charge in [-0.3, -0.25) is 4.79 Å². The van der Waals surface area contributed by atoms with Crippen molar-refractivity contribution >= 4 is 44.8 Å². The highest BCUT2D eigenvalue weighted by Crippen LogP contribution is 2.37. The van der Waals surface area contributed by atoms with Gasteiger partial charge >= 0.3 is 0 Å². The SMILES string of the molecule is CC[C@H](NC(=O)c1cccnc1N(C)c1ccc(-c2ccc3ncnc(N)c3c2)s1)c1ccc(F)cc1. The molecule has 0 aliphatic rings. The number of amides is 1. The van der Waals surface area contributed by atoms with Gasteiger partial charge in [-0.15, -0.1) is 11.3 Å². The summed E-state index contributed by atoms with van der Waals surface area (Å²) in [7, 11) is 1.89. The van der Waals surface area contributed by atoms with Crippen LogP contribution in [0, 0.1) is 5.82 Å². The molecule has 3 N–H and O–H groups in total. The maximum absolute atomic E-state index is 13.4. The van der Waals surface area contributed by atoms with Gasteiger partial charge in [0, 0.05) is 23.5 Å². The van der Waals surface area contributed by atoms with Crippen LogP contribution in [0.15, 0.2) is 79.3 Å². The van der Waals surface area contributed by atoms with E-state index in [1.54, 1.807) is 41.8 Å². The molecule has 3 heterocycles. The maximum atomic E-state index is 13.4. The molecule has 37 heavy (non-hydrogen) atoms. The Balaban J connectivity index is 1.40. The average molecular weight is 513 g/mol. The lowest BCUT2D eigenvalue weighted by Crippen LogP contribution is -2.29. The van der Waals surface area contributed by atoms with Crippen LogP contribution >= 0.6 is 11.3 Å². The lowest BCUT2D eigenvalue weighted by atomic mass is 10.0. The predicted molar refractivity (Wildman–Crippen MR) is 146 cm³/mol. The number of carbonyl (C=O) groups is 1. The highest BCUT2D eigenvalue weighted by molar-refractivity contribution is 7.19. The highest BCUT2D eigenvalue weighted by atomic mass is 32.1. The van der Waals surface area contributed by atoms with Gasteiger partial charge in [0.05, 0.1) is 22.1 Å². The number of nitrogens with one attached hydrogen (secondary N) is 1. The molecule has 0 saturated carbocycles. The molecule has 5 rings (SSSR count). The third-order valence-electron chi connectivity index (χ3n) is 6.21. The Morgan fingerprint density at radius 3 is 2.68 bits per heavy atom. The topological polar surface area (TPSA) is 97.0 Å². The molecule has 0 bridgehead atoms. The van der Waals surface area contributed by atoms with Crippen LogP contribution < -0.4 is 16.0 Å². The zero-order valence-electron chi connectivity index (χ0n) is 20.4. The third-order valence-corrected chi connectivity index (χ3v) is 7.42. The Kier molecular flexibility index (Phi) is 6.78. The Bertz CT molecular complexity index is 1570. The first kappa shape index (κ1) is 24.3. The van der Waals surface area contributed by atoms with Gasteiger partial charge in [0.15, 0.2) is 0 Å². The molecule has 0 aliphatic carbocycles. The Morgan fingerprint density at radius 2 is 1.89 bits per heavy atom. The van der Waals surface area contributed by atoms with Crippen molar-refractivity contribution in [1.82, 2.24) is 20.3 Å². The Morgan fingerprint density at radius 1 is 1.08 bits per heavy atom. The quantitative estimate of drug-likeness (QED) is 0.273. The summed E-state index contributed by atoms with van der Waals surface area (Å²) in [6.07, 6.45) is 3.79. The van der Waals surface area contributed by atoms with Crippen molar-refractivity contribution in [1.29, 1.82) is 0 Å². The van der Waals surface area contributed by atoms with Crippen molar-refractivity contribution in [2.24, 2.45) is 0 Å². The molecule has 0 saturated heterocycles. The Labute approximate surface area is 217 Å². The van der Waals surface area contributed by atoms with Crippen LogP contribution in [-0.4, -0.2) is 27.9 Å². The Hall–Kier alpha value is -4.37. The number of rotatable bonds is 7. The van der Waals surface area contributed by atoms with Gasteiger partial charge < -0.3 is 16.0 Å². The summed E-state index contributed by atoms with van der Waals surface area (Å²) in [5.41, 5.74) is 9.14. The third kappa shape index (κ3) is 4.99. The molecule has 3 aromatic heterocycles. The van der Waals surface area contributed by atoms with Crippen LogP contribution in [0.2, 0.25) is 0 Å². The van der Waals surface area contributed by atoms with E-state index in [-0.39, 0.29) is 17.8 Å². The number of hydrogen-bond acceptors (Lipinski definition) is 7. The van der Waals surface area contributed by atoms with Crippen LogP contribution in [0.25, 0.3) is 21.3 Å². The fourth-order valence-electron chi connectivity index (χ4n) is 4.19. The molecule has 0 spiro atoms. The first-order valence-electron chi connectivity index (χ1n) is 11.8. The first-order valence-corrected chi connectivity index (χ1v) is 12.6. The summed E-state index contributed by atoms with van der Waals surface area (Å²) < 4.78 is 13.4. The molecule has 9 heteroatoms. The molecule has 7 nitrogen and oxygen atoms in total. The number of benzene rings is 2. The van der Waals surface area contributed by atoms with E-state index in [4.69, 9.17) is 5.73 Å². The number of nitrogens with two attached hydrogens (primary N) is 1. The van der Waals surface area contributed by atoms with Gasteiger partial charge in [0.1, 0.15) is 23.8 Å². The summed E-state index contributed by atoms with van der Waals surface area (Å²) in [6, 6.07) is 19.4. The second kappa shape index (κ2) is 10.3. The number of pyridine rings is 1. The summed E-state index contributed by atoms with van der Waals surface area (Å²) in [6.45, 7) is 1.98. The van der Waals surface area contributed by atoms with E-state index in [9.17, 15) is 9.18 Å². The number of aromatic nitrogens is 3. The lowest BCUT2D eigenvalue weighted by molar-refractivity contribution is 0.0936. The van der Waals surface area contributed by atoms with Crippen LogP contribution in [0.4, 0.5) is 21.0 Å². The van der Waals surface area contributed by atoms with E-state index in [0.29, 0.717) is 23.6 Å². The van der Waals surface area contributed by atoms with Crippen LogP contribution in [0.1, 0.15) is 35.3 Å². The minimum Gasteiger partial charge on any atom is -0.383 e. The van der Waals surface area contributed by atoms with E-state index < -0.39 is 0 Å². The van der Waals surface area contributed by atoms with E-state index in [2.05, 4.69) is 20.3 Å². The normalized spacial score (nSPS) is 11.9. The number of anilines is 3. The van der Waals surface area contributed by atoms with Crippen LogP contribution in [-0.2, 0) is 0 Å². The highest BCUT2D eigenvalue weighted by Gasteiger charge is 2.21. The first-order chi connectivity index (χ1) is 17.9. The monoisotopic (exact) mass is 512 g/mol. The molecular formula is C28H25FN6OS. The fourth-order valence-corrected chi connectivity index (χ4v) is 5.16. The number of fused-ring (bicyclic) bond motifs is 1. The zero-order valence-corrected chi connectivity index (χ0v) is 21.2. The molecule has 1 amide bonds. The van der Waals surface area contributed by atoms with Gasteiger partial charge in [0.2, 0.25) is 0 Å². The molecule has 5 aromatic rings. The molecule has 0 aliphatic heterocycles. The number of nitrogens with zero attached hydrogens (tertiary/aromatic N) is 4. The maximum Gasteiger partial charge on any atom is 0.255 e. The van der Waals surface area contributed by atoms with Crippen LogP contribution in [0.5, 0.6) is 0 Å². The van der Waals surface area contributed by atoms with Crippen molar-refractivity contribution in [2.45, 2.75) is 19.4 Å². The van der Waals surface area contributed by atoms with Gasteiger partial charge in [0.25, 0.3) is 5.91 Å². The molecular weight excluding hydrogens is 487 g/mol. The molecule has 0 radical (unpaired) electrons. The minimum absolute atomic E-state index is 0.243. The largest absolute Gasteiger partial charge is 0.383 e. The fraction of sp³-hybridized carbons (Fsp3) is 0.143. The van der Waals surface area contributed by atoms with Crippen molar-refractivity contribution in [3.63, 3.8) is 0 Å². The van der Waals surface area contributed by atoms with Gasteiger partial charge in [-0.1, -0.05) is 25.1 Å². The van der Waals surface area contributed by atoms with E-state index in [1.807, 2.05) is 49.2 Å². The second-order valence-electron chi connectivity index (χ2n) is 8.55. The smallest absolute Gasteiger partial charge is 0.255 e.